The van der Waals surface area contributed by atoms with Crippen LogP contribution in [0.2, 0.25) is 58.9 Å². The summed E-state index contributed by atoms with van der Waals surface area (Å²) in [6, 6.07) is 12.4. The lowest BCUT2D eigenvalue weighted by atomic mass is 9.85. The van der Waals surface area contributed by atoms with Crippen molar-refractivity contribution in [2.45, 2.75) is 129 Å². The Morgan fingerprint density at radius 3 is 2.18 bits per heavy atom. The fourth-order valence-electron chi connectivity index (χ4n) is 6.26. The summed E-state index contributed by atoms with van der Waals surface area (Å²) < 4.78 is 33.4. The van der Waals surface area contributed by atoms with Gasteiger partial charge in [-0.05, 0) is 97.8 Å². The minimum Gasteiger partial charge on any atom is -0.415 e. The van der Waals surface area contributed by atoms with Crippen LogP contribution in [0.4, 0.5) is 0 Å². The summed E-state index contributed by atoms with van der Waals surface area (Å²) in [7, 11) is -5.40. The van der Waals surface area contributed by atoms with Crippen LogP contribution in [0.1, 0.15) is 39.3 Å². The van der Waals surface area contributed by atoms with Gasteiger partial charge in [0.2, 0.25) is 0 Å². The van der Waals surface area contributed by atoms with Crippen molar-refractivity contribution in [1.29, 1.82) is 0 Å². The first kappa shape index (κ1) is 35.5. The summed E-state index contributed by atoms with van der Waals surface area (Å²) in [4.78, 5) is 0. The molecule has 2 aromatic rings. The van der Waals surface area contributed by atoms with E-state index in [1.54, 1.807) is 0 Å². The molecule has 2 aliphatic heterocycles. The van der Waals surface area contributed by atoms with Crippen LogP contribution in [-0.2, 0) is 22.8 Å². The van der Waals surface area contributed by atoms with E-state index in [0.29, 0.717) is 12.5 Å². The van der Waals surface area contributed by atoms with Crippen molar-refractivity contribution in [3.05, 3.63) is 47.7 Å². The van der Waals surface area contributed by atoms with E-state index in [9.17, 15) is 0 Å². The van der Waals surface area contributed by atoms with Crippen molar-refractivity contribution in [3.63, 3.8) is 0 Å². The number of aromatic amines is 1. The number of hydrogen-bond acceptors (Lipinski definition) is 6. The topological polar surface area (TPSA) is 78.1 Å². The lowest BCUT2D eigenvalue weighted by Crippen LogP contribution is -2.58. The summed E-state index contributed by atoms with van der Waals surface area (Å²) in [5, 5.41) is 7.74. The largest absolute Gasteiger partial charge is 0.415 e. The molecule has 0 saturated carbocycles. The second kappa shape index (κ2) is 14.2. The molecule has 0 amide bonds. The van der Waals surface area contributed by atoms with Crippen molar-refractivity contribution in [3.8, 4) is 11.3 Å². The first-order chi connectivity index (χ1) is 20.4. The van der Waals surface area contributed by atoms with Crippen molar-refractivity contribution >= 4 is 31.0 Å². The number of rotatable bonds is 14. The highest BCUT2D eigenvalue weighted by atomic mass is 28.4. The smallest absolute Gasteiger partial charge is 0.184 e. The zero-order valence-corrected chi connectivity index (χ0v) is 32.3. The fraction of sp³-hybridized carbons (Fsp3) is 0.676. The SMILES string of the molecule is C/C(=C\c1cc(-c2ccccc2)n[nH]1)C[C@@H]1OC[C@H](C[C@@H]2O[C@H]2[C@@H](C)[C@H](C)O[Si](C)(C)C)[C@@H](O[Si](C)(C)C)[C@H]1O[Si](C)(C)C. The molecule has 1 aromatic heterocycles. The highest BCUT2D eigenvalue weighted by Crippen LogP contribution is 2.41. The van der Waals surface area contributed by atoms with E-state index in [2.05, 4.69) is 114 Å². The van der Waals surface area contributed by atoms with Crippen molar-refractivity contribution in [2.75, 3.05) is 6.61 Å². The third kappa shape index (κ3) is 10.6. The number of nitrogens with one attached hydrogen (secondary N) is 1. The molecule has 7 nitrogen and oxygen atoms in total. The van der Waals surface area contributed by atoms with Gasteiger partial charge in [0, 0.05) is 23.5 Å². The fourth-order valence-corrected chi connectivity index (χ4v) is 9.84. The highest BCUT2D eigenvalue weighted by Gasteiger charge is 2.51. The minimum absolute atomic E-state index is 0.0207. The minimum atomic E-state index is -1.91. The Bertz CT molecular complexity index is 1230. The summed E-state index contributed by atoms with van der Waals surface area (Å²) in [5.74, 6) is 0.576. The van der Waals surface area contributed by atoms with Gasteiger partial charge in [0.1, 0.15) is 0 Å². The molecule has 0 aliphatic carbocycles. The van der Waals surface area contributed by atoms with Crippen molar-refractivity contribution in [1.82, 2.24) is 10.2 Å². The van der Waals surface area contributed by atoms with Gasteiger partial charge in [0.25, 0.3) is 0 Å². The Kier molecular flexibility index (Phi) is 11.4. The Morgan fingerprint density at radius 1 is 0.932 bits per heavy atom. The third-order valence-corrected chi connectivity index (χ3v) is 11.2. The molecule has 2 aliphatic rings. The molecule has 10 heteroatoms. The molecule has 246 valence electrons. The maximum Gasteiger partial charge on any atom is 0.184 e. The van der Waals surface area contributed by atoms with Crippen LogP contribution < -0.4 is 0 Å². The van der Waals surface area contributed by atoms with Gasteiger partial charge in [-0.25, -0.2) is 0 Å². The van der Waals surface area contributed by atoms with Gasteiger partial charge in [0.05, 0.1) is 48.5 Å². The maximum absolute atomic E-state index is 7.02. The second-order valence-corrected chi connectivity index (χ2v) is 29.3. The first-order valence-electron chi connectivity index (χ1n) is 16.5. The zero-order chi connectivity index (χ0) is 32.4. The molecule has 0 unspecified atom stereocenters. The van der Waals surface area contributed by atoms with Gasteiger partial charge in [-0.15, -0.1) is 0 Å². The molecule has 2 saturated heterocycles. The number of H-pyrrole nitrogens is 1. The van der Waals surface area contributed by atoms with Crippen molar-refractivity contribution in [2.24, 2.45) is 11.8 Å². The Balaban J connectivity index is 1.49. The number of ether oxygens (including phenoxy) is 2. The first-order valence-corrected chi connectivity index (χ1v) is 26.7. The van der Waals surface area contributed by atoms with E-state index >= 15 is 0 Å². The molecule has 0 radical (unpaired) electrons. The number of epoxide rings is 1. The molecular formula is C34H58N2O5Si3. The molecule has 8 atom stereocenters. The maximum atomic E-state index is 7.02. The molecule has 0 bridgehead atoms. The molecule has 2 fully saturated rings. The van der Waals surface area contributed by atoms with Gasteiger partial charge in [0.15, 0.2) is 25.0 Å². The van der Waals surface area contributed by atoms with E-state index in [1.807, 2.05) is 18.2 Å². The van der Waals surface area contributed by atoms with E-state index in [1.165, 1.54) is 5.57 Å². The standard InChI is InChI=1S/C34H58N2O5Si3/c1-23(18-28-21-29(36-35-28)26-16-14-13-15-17-26)19-30-34(41-44(10,11)12)33(40-43(7,8)9)27(22-37-30)20-31-32(38-31)24(2)25(3)39-42(4,5)6/h13-18,21,24-25,27,30-34H,19-20,22H2,1-12H3,(H,35,36)/b23-18+/t24-,25-,27-,30-,31-,32-,33+,34-/m0/s1. The van der Waals surface area contributed by atoms with Gasteiger partial charge in [-0.1, -0.05) is 42.8 Å². The molecular weight excluding hydrogens is 601 g/mol. The highest BCUT2D eigenvalue weighted by molar-refractivity contribution is 6.70. The van der Waals surface area contributed by atoms with Crippen LogP contribution in [-0.4, -0.2) is 78.4 Å². The second-order valence-electron chi connectivity index (χ2n) is 16.0. The summed E-state index contributed by atoms with van der Waals surface area (Å²) in [6.45, 7) is 27.7. The number of aromatic nitrogens is 2. The third-order valence-electron chi connectivity index (χ3n) is 8.21. The monoisotopic (exact) mass is 658 g/mol. The van der Waals surface area contributed by atoms with E-state index in [0.717, 1.165) is 29.8 Å². The van der Waals surface area contributed by atoms with E-state index in [4.69, 9.17) is 22.8 Å². The van der Waals surface area contributed by atoms with E-state index < -0.39 is 25.0 Å². The average molecular weight is 659 g/mol. The molecule has 3 heterocycles. The van der Waals surface area contributed by atoms with Crippen LogP contribution in [0.15, 0.2) is 42.0 Å². The van der Waals surface area contributed by atoms with Gasteiger partial charge in [-0.3, -0.25) is 5.10 Å². The predicted octanol–water partition coefficient (Wildman–Crippen LogP) is 8.36. The van der Waals surface area contributed by atoms with Crippen LogP contribution in [0.3, 0.4) is 0 Å². The van der Waals surface area contributed by atoms with E-state index in [-0.39, 0.29) is 42.5 Å². The number of nitrogens with zero attached hydrogens (tertiary/aromatic N) is 1. The van der Waals surface area contributed by atoms with Crippen LogP contribution in [0.5, 0.6) is 0 Å². The predicted molar refractivity (Wildman–Crippen MR) is 188 cm³/mol. The Morgan fingerprint density at radius 2 is 1.57 bits per heavy atom. The molecule has 44 heavy (non-hydrogen) atoms. The Hall–Kier alpha value is -1.38. The number of hydrogen-bond donors (Lipinski definition) is 1. The lowest BCUT2D eigenvalue weighted by Gasteiger charge is -2.47. The van der Waals surface area contributed by atoms with Gasteiger partial charge in [-0.2, -0.15) is 5.10 Å². The summed E-state index contributed by atoms with van der Waals surface area (Å²) in [5.41, 5.74) is 4.27. The quantitative estimate of drug-likeness (QED) is 0.162. The lowest BCUT2D eigenvalue weighted by molar-refractivity contribution is -0.152. The number of benzene rings is 1. The van der Waals surface area contributed by atoms with Crippen LogP contribution in [0.25, 0.3) is 17.3 Å². The zero-order valence-electron chi connectivity index (χ0n) is 29.3. The molecule has 1 N–H and O–H groups in total. The van der Waals surface area contributed by atoms with Gasteiger partial charge < -0.3 is 22.8 Å². The molecule has 0 spiro atoms. The van der Waals surface area contributed by atoms with Gasteiger partial charge >= 0.3 is 0 Å². The summed E-state index contributed by atoms with van der Waals surface area (Å²) in [6.07, 6.45) is 4.29. The van der Waals surface area contributed by atoms with Crippen LogP contribution in [0, 0.1) is 11.8 Å². The summed E-state index contributed by atoms with van der Waals surface area (Å²) >= 11 is 0. The normalized spacial score (nSPS) is 28.1. The average Bonchev–Trinajstić information content (AvgIpc) is 3.50. The molecule has 1 aromatic carbocycles. The molecule has 4 rings (SSSR count). The Labute approximate surface area is 269 Å². The van der Waals surface area contributed by atoms with Crippen molar-refractivity contribution < 1.29 is 22.8 Å². The van der Waals surface area contributed by atoms with Crippen LogP contribution >= 0.6 is 0 Å².